The van der Waals surface area contributed by atoms with Gasteiger partial charge in [-0.15, -0.1) is 0 Å². The molecule has 1 heterocycles. The van der Waals surface area contributed by atoms with Crippen LogP contribution in [0.25, 0.3) is 0 Å². The van der Waals surface area contributed by atoms with Crippen LogP contribution in [0.3, 0.4) is 0 Å². The number of hydrogen-bond acceptors (Lipinski definition) is 2. The van der Waals surface area contributed by atoms with Gasteiger partial charge in [-0.1, -0.05) is 29.8 Å². The third kappa shape index (κ3) is 2.49. The molecule has 18 heavy (non-hydrogen) atoms. The van der Waals surface area contributed by atoms with E-state index < -0.39 is 11.7 Å². The summed E-state index contributed by atoms with van der Waals surface area (Å²) in [6, 6.07) is 10.1. The number of rotatable bonds is 2. The smallest absolute Gasteiger partial charge is 0.261 e. The highest BCUT2D eigenvalue weighted by Gasteiger charge is 2.17. The van der Waals surface area contributed by atoms with Gasteiger partial charge in [-0.2, -0.15) is 0 Å². The van der Waals surface area contributed by atoms with Gasteiger partial charge in [0, 0.05) is 12.7 Å². The Morgan fingerprint density at radius 1 is 1.33 bits per heavy atom. The van der Waals surface area contributed by atoms with Gasteiger partial charge >= 0.3 is 0 Å². The van der Waals surface area contributed by atoms with Crippen LogP contribution in [-0.4, -0.2) is 17.9 Å². The number of nitrogens with zero attached hydrogens (tertiary/aromatic N) is 2. The summed E-state index contributed by atoms with van der Waals surface area (Å²) in [5.74, 6) is -0.998. The highest BCUT2D eigenvalue weighted by molar-refractivity contribution is 6.33. The average molecular weight is 265 g/mol. The summed E-state index contributed by atoms with van der Waals surface area (Å²) in [6.45, 7) is 0. The average Bonchev–Trinajstić information content (AvgIpc) is 2.41. The van der Waals surface area contributed by atoms with E-state index in [1.807, 2.05) is 18.2 Å². The van der Waals surface area contributed by atoms with Crippen molar-refractivity contribution in [1.29, 1.82) is 0 Å². The van der Waals surface area contributed by atoms with Gasteiger partial charge in [-0.05, 0) is 18.2 Å². The van der Waals surface area contributed by atoms with Crippen molar-refractivity contribution in [3.8, 4) is 0 Å². The highest BCUT2D eigenvalue weighted by Crippen LogP contribution is 2.19. The predicted octanol–water partition coefficient (Wildman–Crippen LogP) is 3.15. The minimum Gasteiger partial charge on any atom is -0.311 e. The standard InChI is InChI=1S/C13H10ClFN2O/c1-17(10-5-3-2-4-6-10)13(18)11-7-9(15)8-16-12(11)14/h2-8H,1H3. The van der Waals surface area contributed by atoms with Gasteiger partial charge < -0.3 is 4.90 Å². The van der Waals surface area contributed by atoms with Crippen molar-refractivity contribution >= 4 is 23.2 Å². The number of hydrogen-bond donors (Lipinski definition) is 0. The summed E-state index contributed by atoms with van der Waals surface area (Å²) in [4.78, 5) is 17.2. The first kappa shape index (κ1) is 12.5. The molecule has 0 spiro atoms. The first-order valence-corrected chi connectivity index (χ1v) is 5.61. The summed E-state index contributed by atoms with van der Waals surface area (Å²) in [6.07, 6.45) is 0.974. The van der Waals surface area contributed by atoms with Crippen molar-refractivity contribution in [2.24, 2.45) is 0 Å². The molecule has 0 atom stereocenters. The van der Waals surface area contributed by atoms with E-state index in [-0.39, 0.29) is 10.7 Å². The molecule has 2 rings (SSSR count). The number of pyridine rings is 1. The topological polar surface area (TPSA) is 33.2 Å². The highest BCUT2D eigenvalue weighted by atomic mass is 35.5. The number of anilines is 1. The number of benzene rings is 1. The summed E-state index contributed by atoms with van der Waals surface area (Å²) >= 11 is 5.80. The molecule has 0 saturated heterocycles. The zero-order valence-electron chi connectivity index (χ0n) is 9.60. The van der Waals surface area contributed by atoms with E-state index in [2.05, 4.69) is 4.98 Å². The van der Waals surface area contributed by atoms with Gasteiger partial charge in [0.15, 0.2) is 0 Å². The summed E-state index contributed by atoms with van der Waals surface area (Å²) in [5, 5.41) is -0.0100. The minimum absolute atomic E-state index is 0.0100. The first-order chi connectivity index (χ1) is 8.59. The molecule has 3 nitrogen and oxygen atoms in total. The van der Waals surface area contributed by atoms with Crippen molar-refractivity contribution in [1.82, 2.24) is 4.98 Å². The lowest BCUT2D eigenvalue weighted by atomic mass is 10.2. The Bertz CT molecular complexity index is 574. The van der Waals surface area contributed by atoms with Crippen LogP contribution >= 0.6 is 11.6 Å². The maximum absolute atomic E-state index is 13.1. The zero-order chi connectivity index (χ0) is 13.1. The summed E-state index contributed by atoms with van der Waals surface area (Å²) in [7, 11) is 1.60. The van der Waals surface area contributed by atoms with E-state index in [0.29, 0.717) is 5.69 Å². The fourth-order valence-electron chi connectivity index (χ4n) is 1.52. The molecule has 92 valence electrons. The van der Waals surface area contributed by atoms with Crippen LogP contribution in [-0.2, 0) is 0 Å². The molecule has 0 bridgehead atoms. The Balaban J connectivity index is 2.34. The molecule has 1 amide bonds. The van der Waals surface area contributed by atoms with E-state index >= 15 is 0 Å². The second kappa shape index (κ2) is 5.14. The lowest BCUT2D eigenvalue weighted by Crippen LogP contribution is -2.26. The number of halogens is 2. The van der Waals surface area contributed by atoms with Crippen LogP contribution in [0.1, 0.15) is 10.4 Å². The van der Waals surface area contributed by atoms with Gasteiger partial charge in [0.1, 0.15) is 11.0 Å². The normalized spacial score (nSPS) is 10.2. The molecule has 0 unspecified atom stereocenters. The number of amides is 1. The van der Waals surface area contributed by atoms with Crippen LogP contribution in [0, 0.1) is 5.82 Å². The second-order valence-corrected chi connectivity index (χ2v) is 4.05. The Labute approximate surface area is 109 Å². The molecule has 0 aliphatic heterocycles. The number of carbonyl (C=O) groups is 1. The maximum Gasteiger partial charge on any atom is 0.261 e. The van der Waals surface area contributed by atoms with Gasteiger partial charge in [0.05, 0.1) is 11.8 Å². The second-order valence-electron chi connectivity index (χ2n) is 3.69. The van der Waals surface area contributed by atoms with E-state index in [9.17, 15) is 9.18 Å². The van der Waals surface area contributed by atoms with Crippen LogP contribution in [0.2, 0.25) is 5.15 Å². The predicted molar refractivity (Wildman–Crippen MR) is 68.4 cm³/mol. The molecule has 0 radical (unpaired) electrons. The first-order valence-electron chi connectivity index (χ1n) is 5.24. The Hall–Kier alpha value is -1.94. The fourth-order valence-corrected chi connectivity index (χ4v) is 1.71. The fraction of sp³-hybridized carbons (Fsp3) is 0.0769. The van der Waals surface area contributed by atoms with Crippen LogP contribution in [0.4, 0.5) is 10.1 Å². The Kier molecular flexibility index (Phi) is 3.58. The SMILES string of the molecule is CN(C(=O)c1cc(F)cnc1Cl)c1ccccc1. The number of para-hydroxylation sites is 1. The molecule has 2 aromatic rings. The molecular formula is C13H10ClFN2O. The minimum atomic E-state index is -0.593. The molecule has 1 aromatic carbocycles. The van der Waals surface area contributed by atoms with E-state index in [1.165, 1.54) is 4.90 Å². The molecule has 1 aromatic heterocycles. The molecule has 0 aliphatic carbocycles. The molecule has 0 N–H and O–H groups in total. The van der Waals surface area contributed by atoms with E-state index in [1.54, 1.807) is 19.2 Å². The van der Waals surface area contributed by atoms with Crippen LogP contribution in [0.15, 0.2) is 42.6 Å². The monoisotopic (exact) mass is 264 g/mol. The third-order valence-electron chi connectivity index (χ3n) is 2.48. The third-order valence-corrected chi connectivity index (χ3v) is 2.79. The van der Waals surface area contributed by atoms with Gasteiger partial charge in [0.25, 0.3) is 5.91 Å². The lowest BCUT2D eigenvalue weighted by Gasteiger charge is -2.17. The molecular weight excluding hydrogens is 255 g/mol. The van der Waals surface area contributed by atoms with Gasteiger partial charge in [-0.3, -0.25) is 4.79 Å². The Morgan fingerprint density at radius 2 is 2.00 bits per heavy atom. The largest absolute Gasteiger partial charge is 0.311 e. The van der Waals surface area contributed by atoms with Crippen molar-refractivity contribution in [2.75, 3.05) is 11.9 Å². The number of carbonyl (C=O) groups excluding carboxylic acids is 1. The van der Waals surface area contributed by atoms with Gasteiger partial charge in [-0.25, -0.2) is 9.37 Å². The van der Waals surface area contributed by atoms with Crippen LogP contribution < -0.4 is 4.90 Å². The Morgan fingerprint density at radius 3 is 2.67 bits per heavy atom. The maximum atomic E-state index is 13.1. The molecule has 0 fully saturated rings. The summed E-state index contributed by atoms with van der Waals surface area (Å²) < 4.78 is 13.1. The van der Waals surface area contributed by atoms with Crippen molar-refractivity contribution in [2.45, 2.75) is 0 Å². The molecule has 0 saturated carbocycles. The molecule has 0 aliphatic rings. The molecule has 5 heteroatoms. The quantitative estimate of drug-likeness (QED) is 0.781. The van der Waals surface area contributed by atoms with Crippen LogP contribution in [0.5, 0.6) is 0 Å². The summed E-state index contributed by atoms with van der Waals surface area (Å²) in [5.41, 5.74) is 0.742. The lowest BCUT2D eigenvalue weighted by molar-refractivity contribution is 0.0992. The van der Waals surface area contributed by atoms with Crippen molar-refractivity contribution < 1.29 is 9.18 Å². The zero-order valence-corrected chi connectivity index (χ0v) is 10.4. The van der Waals surface area contributed by atoms with Gasteiger partial charge in [0.2, 0.25) is 0 Å². The van der Waals surface area contributed by atoms with Crippen molar-refractivity contribution in [3.05, 3.63) is 59.1 Å². The van der Waals surface area contributed by atoms with E-state index in [4.69, 9.17) is 11.6 Å². The van der Waals surface area contributed by atoms with E-state index in [0.717, 1.165) is 12.3 Å². The van der Waals surface area contributed by atoms with Crippen molar-refractivity contribution in [3.63, 3.8) is 0 Å². The number of aromatic nitrogens is 1.